The molecule has 122 valence electrons. The second-order valence-corrected chi connectivity index (χ2v) is 5.79. The van der Waals surface area contributed by atoms with Crippen LogP contribution in [0.4, 0.5) is 5.69 Å². The molecule has 0 bridgehead atoms. The zero-order chi connectivity index (χ0) is 17.2. The summed E-state index contributed by atoms with van der Waals surface area (Å²) in [6.07, 6.45) is 1.73. The second kappa shape index (κ2) is 6.20. The number of benzene rings is 2. The fourth-order valence-electron chi connectivity index (χ4n) is 2.77. The summed E-state index contributed by atoms with van der Waals surface area (Å²) in [6.45, 7) is 1.85. The number of hydrogen-bond acceptors (Lipinski definition) is 3. The molecule has 4 rings (SSSR count). The van der Waals surface area contributed by atoms with Crippen molar-refractivity contribution in [3.63, 3.8) is 0 Å². The average Bonchev–Trinajstić information content (AvgIpc) is 3.06. The third kappa shape index (κ3) is 3.12. The van der Waals surface area contributed by atoms with E-state index in [-0.39, 0.29) is 5.91 Å². The highest BCUT2D eigenvalue weighted by Crippen LogP contribution is 2.22. The number of carbonyl (C=O) groups excluding carboxylic acids is 1. The zero-order valence-electron chi connectivity index (χ0n) is 13.7. The van der Waals surface area contributed by atoms with Crippen LogP contribution in [0.15, 0.2) is 66.9 Å². The van der Waals surface area contributed by atoms with Crippen LogP contribution in [0.1, 0.15) is 16.3 Å². The number of aromatic nitrogens is 3. The van der Waals surface area contributed by atoms with Crippen LogP contribution in [-0.2, 0) is 0 Å². The molecule has 0 saturated carbocycles. The lowest BCUT2D eigenvalue weighted by Crippen LogP contribution is -2.12. The first-order valence-electron chi connectivity index (χ1n) is 7.98. The highest BCUT2D eigenvalue weighted by atomic mass is 16.1. The van der Waals surface area contributed by atoms with Gasteiger partial charge >= 0.3 is 0 Å². The lowest BCUT2D eigenvalue weighted by atomic mass is 10.1. The van der Waals surface area contributed by atoms with Gasteiger partial charge in [0.1, 0.15) is 11.5 Å². The predicted octanol–water partition coefficient (Wildman–Crippen LogP) is 4.19. The van der Waals surface area contributed by atoms with Gasteiger partial charge < -0.3 is 10.3 Å². The van der Waals surface area contributed by atoms with Crippen molar-refractivity contribution < 1.29 is 4.79 Å². The number of H-pyrrole nitrogens is 1. The molecule has 0 unspecified atom stereocenters. The smallest absolute Gasteiger partial charge is 0.272 e. The van der Waals surface area contributed by atoms with Gasteiger partial charge in [0, 0.05) is 28.4 Å². The summed E-state index contributed by atoms with van der Waals surface area (Å²) in [5.74, 6) is 0.539. The SMILES string of the molecule is Cc1nccc(-c2cccc(NC(=O)c3cc4ccccc4[nH]3)c2)n1. The Morgan fingerprint density at radius 3 is 2.76 bits per heavy atom. The largest absolute Gasteiger partial charge is 0.351 e. The normalized spacial score (nSPS) is 10.8. The summed E-state index contributed by atoms with van der Waals surface area (Å²) in [6, 6.07) is 19.1. The van der Waals surface area contributed by atoms with Crippen LogP contribution < -0.4 is 5.32 Å². The molecular weight excluding hydrogens is 312 g/mol. The van der Waals surface area contributed by atoms with Crippen LogP contribution in [0.3, 0.4) is 0 Å². The summed E-state index contributed by atoms with van der Waals surface area (Å²) < 4.78 is 0. The van der Waals surface area contributed by atoms with Crippen molar-refractivity contribution in [1.82, 2.24) is 15.0 Å². The van der Waals surface area contributed by atoms with Crippen LogP contribution in [0.5, 0.6) is 0 Å². The molecule has 25 heavy (non-hydrogen) atoms. The van der Waals surface area contributed by atoms with E-state index in [2.05, 4.69) is 20.3 Å². The molecule has 1 amide bonds. The number of para-hydroxylation sites is 1. The Kier molecular flexibility index (Phi) is 3.74. The number of aryl methyl sites for hydroxylation is 1. The maximum absolute atomic E-state index is 12.5. The Morgan fingerprint density at radius 2 is 1.92 bits per heavy atom. The van der Waals surface area contributed by atoms with E-state index < -0.39 is 0 Å². The summed E-state index contributed by atoms with van der Waals surface area (Å²) in [5, 5.41) is 3.94. The number of anilines is 1. The van der Waals surface area contributed by atoms with E-state index in [9.17, 15) is 4.79 Å². The lowest BCUT2D eigenvalue weighted by Gasteiger charge is -2.07. The van der Waals surface area contributed by atoms with E-state index in [1.54, 1.807) is 6.20 Å². The number of aromatic amines is 1. The van der Waals surface area contributed by atoms with E-state index in [0.29, 0.717) is 11.5 Å². The summed E-state index contributed by atoms with van der Waals surface area (Å²) in [5.41, 5.74) is 3.95. The fraction of sp³-hybridized carbons (Fsp3) is 0.0500. The van der Waals surface area contributed by atoms with Gasteiger partial charge in [-0.3, -0.25) is 4.79 Å². The molecule has 2 N–H and O–H groups in total. The topological polar surface area (TPSA) is 70.7 Å². The molecule has 0 spiro atoms. The Hall–Kier alpha value is -3.47. The van der Waals surface area contributed by atoms with Gasteiger partial charge in [0.25, 0.3) is 5.91 Å². The van der Waals surface area contributed by atoms with Crippen LogP contribution in [-0.4, -0.2) is 20.9 Å². The maximum Gasteiger partial charge on any atom is 0.272 e. The van der Waals surface area contributed by atoms with Gasteiger partial charge in [-0.25, -0.2) is 9.97 Å². The van der Waals surface area contributed by atoms with Gasteiger partial charge in [0.15, 0.2) is 0 Å². The van der Waals surface area contributed by atoms with Crippen LogP contribution in [0.2, 0.25) is 0 Å². The van der Waals surface area contributed by atoms with Crippen LogP contribution >= 0.6 is 0 Å². The first-order chi connectivity index (χ1) is 12.2. The van der Waals surface area contributed by atoms with Crippen LogP contribution in [0, 0.1) is 6.92 Å². The van der Waals surface area contributed by atoms with E-state index in [0.717, 1.165) is 27.8 Å². The minimum atomic E-state index is -0.174. The number of rotatable bonds is 3. The van der Waals surface area contributed by atoms with Crippen molar-refractivity contribution >= 4 is 22.5 Å². The monoisotopic (exact) mass is 328 g/mol. The molecule has 0 radical (unpaired) electrons. The predicted molar refractivity (Wildman–Crippen MR) is 98.5 cm³/mol. The number of amides is 1. The molecular formula is C20H16N4O. The van der Waals surface area contributed by atoms with E-state index in [4.69, 9.17) is 0 Å². The quantitative estimate of drug-likeness (QED) is 0.592. The van der Waals surface area contributed by atoms with Crippen molar-refractivity contribution in [2.75, 3.05) is 5.32 Å². The zero-order valence-corrected chi connectivity index (χ0v) is 13.7. The molecule has 4 aromatic rings. The molecule has 5 heteroatoms. The highest BCUT2D eigenvalue weighted by molar-refractivity contribution is 6.06. The molecule has 2 aromatic heterocycles. The van der Waals surface area contributed by atoms with Crippen molar-refractivity contribution in [2.24, 2.45) is 0 Å². The lowest BCUT2D eigenvalue weighted by molar-refractivity contribution is 0.102. The molecule has 0 aliphatic carbocycles. The van der Waals surface area contributed by atoms with Gasteiger partial charge in [0.2, 0.25) is 0 Å². The molecule has 0 aliphatic heterocycles. The minimum absolute atomic E-state index is 0.174. The molecule has 0 fully saturated rings. The third-order valence-electron chi connectivity index (χ3n) is 3.97. The van der Waals surface area contributed by atoms with Gasteiger partial charge in [-0.15, -0.1) is 0 Å². The Morgan fingerprint density at radius 1 is 1.04 bits per heavy atom. The minimum Gasteiger partial charge on any atom is -0.351 e. The molecule has 0 atom stereocenters. The number of nitrogens with one attached hydrogen (secondary N) is 2. The first kappa shape index (κ1) is 15.1. The van der Waals surface area contributed by atoms with Gasteiger partial charge in [-0.2, -0.15) is 0 Å². The number of carbonyl (C=O) groups is 1. The number of nitrogens with zero attached hydrogens (tertiary/aromatic N) is 2. The van der Waals surface area contributed by atoms with Crippen molar-refractivity contribution in [2.45, 2.75) is 6.92 Å². The Balaban J connectivity index is 1.60. The van der Waals surface area contributed by atoms with Crippen molar-refractivity contribution in [3.05, 3.63) is 78.4 Å². The highest BCUT2D eigenvalue weighted by Gasteiger charge is 2.10. The maximum atomic E-state index is 12.5. The van der Waals surface area contributed by atoms with E-state index >= 15 is 0 Å². The first-order valence-corrected chi connectivity index (χ1v) is 7.98. The standard InChI is InChI=1S/C20H16N4O/c1-13-21-10-9-18(22-13)14-6-4-7-16(11-14)23-20(25)19-12-15-5-2-3-8-17(15)24-19/h2-12,24H,1H3,(H,23,25). The van der Waals surface area contributed by atoms with Gasteiger partial charge in [-0.1, -0.05) is 30.3 Å². The summed E-state index contributed by atoms with van der Waals surface area (Å²) in [4.78, 5) is 24.2. The number of hydrogen-bond donors (Lipinski definition) is 2. The van der Waals surface area contributed by atoms with Crippen LogP contribution in [0.25, 0.3) is 22.2 Å². The number of fused-ring (bicyclic) bond motifs is 1. The Bertz CT molecular complexity index is 1030. The van der Waals surface area contributed by atoms with Gasteiger partial charge in [-0.05, 0) is 37.3 Å². The van der Waals surface area contributed by atoms with Gasteiger partial charge in [0.05, 0.1) is 5.69 Å². The molecule has 2 heterocycles. The molecule has 2 aromatic carbocycles. The fourth-order valence-corrected chi connectivity index (χ4v) is 2.77. The Labute approximate surface area is 144 Å². The molecule has 5 nitrogen and oxygen atoms in total. The van der Waals surface area contributed by atoms with E-state index in [1.807, 2.05) is 67.6 Å². The average molecular weight is 328 g/mol. The molecule has 0 aliphatic rings. The summed E-state index contributed by atoms with van der Waals surface area (Å²) in [7, 11) is 0. The third-order valence-corrected chi connectivity index (χ3v) is 3.97. The molecule has 0 saturated heterocycles. The van der Waals surface area contributed by atoms with Crippen molar-refractivity contribution in [1.29, 1.82) is 0 Å². The summed E-state index contributed by atoms with van der Waals surface area (Å²) >= 11 is 0. The second-order valence-electron chi connectivity index (χ2n) is 5.79. The van der Waals surface area contributed by atoms with E-state index in [1.165, 1.54) is 0 Å². The van der Waals surface area contributed by atoms with Crippen molar-refractivity contribution in [3.8, 4) is 11.3 Å².